The molecule has 140 valence electrons. The van der Waals surface area contributed by atoms with Gasteiger partial charge in [-0.1, -0.05) is 5.16 Å². The van der Waals surface area contributed by atoms with E-state index in [0.29, 0.717) is 6.54 Å². The molecule has 0 bridgehead atoms. The topological polar surface area (TPSA) is 80.3 Å². The SMILES string of the molecule is O=c1ccc(-c2cccnc2)nn1CCN1CCN(Cc2ccno2)CC1. The van der Waals surface area contributed by atoms with Crippen molar-refractivity contribution in [2.45, 2.75) is 13.1 Å². The van der Waals surface area contributed by atoms with Crippen molar-refractivity contribution in [3.63, 3.8) is 0 Å². The summed E-state index contributed by atoms with van der Waals surface area (Å²) in [5, 5.41) is 8.25. The Morgan fingerprint density at radius 2 is 1.81 bits per heavy atom. The number of aromatic nitrogens is 4. The van der Waals surface area contributed by atoms with E-state index in [4.69, 9.17) is 4.52 Å². The number of hydrogen-bond acceptors (Lipinski definition) is 7. The second kappa shape index (κ2) is 8.24. The number of hydrogen-bond donors (Lipinski definition) is 0. The van der Waals surface area contributed by atoms with Crippen LogP contribution in [0.2, 0.25) is 0 Å². The fraction of sp³-hybridized carbons (Fsp3) is 0.368. The van der Waals surface area contributed by atoms with Crippen LogP contribution in [0.25, 0.3) is 11.3 Å². The summed E-state index contributed by atoms with van der Waals surface area (Å²) in [6, 6.07) is 9.03. The lowest BCUT2D eigenvalue weighted by molar-refractivity contribution is 0.114. The highest BCUT2D eigenvalue weighted by Crippen LogP contribution is 2.13. The van der Waals surface area contributed by atoms with Crippen LogP contribution in [-0.4, -0.2) is 62.4 Å². The van der Waals surface area contributed by atoms with E-state index in [9.17, 15) is 4.79 Å². The minimum atomic E-state index is -0.0772. The zero-order valence-corrected chi connectivity index (χ0v) is 15.1. The molecule has 4 heterocycles. The molecular weight excluding hydrogens is 344 g/mol. The second-order valence-electron chi connectivity index (χ2n) is 6.62. The van der Waals surface area contributed by atoms with Crippen LogP contribution in [0.5, 0.6) is 0 Å². The molecule has 0 radical (unpaired) electrons. The molecule has 0 aromatic carbocycles. The maximum absolute atomic E-state index is 12.1. The summed E-state index contributed by atoms with van der Waals surface area (Å²) in [5.41, 5.74) is 1.60. The van der Waals surface area contributed by atoms with Crippen LogP contribution in [0.3, 0.4) is 0 Å². The summed E-state index contributed by atoms with van der Waals surface area (Å²) in [5.74, 6) is 0.895. The van der Waals surface area contributed by atoms with Crippen molar-refractivity contribution in [3.05, 3.63) is 65.0 Å². The summed E-state index contributed by atoms with van der Waals surface area (Å²) in [4.78, 5) is 21.0. The van der Waals surface area contributed by atoms with Gasteiger partial charge in [0.15, 0.2) is 5.76 Å². The van der Waals surface area contributed by atoms with Crippen molar-refractivity contribution in [3.8, 4) is 11.3 Å². The predicted molar refractivity (Wildman–Crippen MR) is 99.9 cm³/mol. The molecule has 1 fully saturated rings. The van der Waals surface area contributed by atoms with E-state index in [1.54, 1.807) is 35.4 Å². The van der Waals surface area contributed by atoms with Gasteiger partial charge in [0.25, 0.3) is 5.56 Å². The molecule has 4 rings (SSSR count). The van der Waals surface area contributed by atoms with Crippen LogP contribution in [0, 0.1) is 0 Å². The summed E-state index contributed by atoms with van der Waals surface area (Å²) < 4.78 is 6.72. The fourth-order valence-electron chi connectivity index (χ4n) is 3.23. The molecule has 1 aliphatic heterocycles. The van der Waals surface area contributed by atoms with E-state index in [1.165, 1.54) is 0 Å². The van der Waals surface area contributed by atoms with Gasteiger partial charge in [0.1, 0.15) is 0 Å². The zero-order valence-electron chi connectivity index (χ0n) is 15.1. The van der Waals surface area contributed by atoms with Crippen LogP contribution >= 0.6 is 0 Å². The Kier molecular flexibility index (Phi) is 5.36. The Morgan fingerprint density at radius 1 is 0.963 bits per heavy atom. The van der Waals surface area contributed by atoms with Crippen molar-refractivity contribution >= 4 is 0 Å². The third-order valence-corrected chi connectivity index (χ3v) is 4.79. The Balaban J connectivity index is 1.32. The first kappa shape index (κ1) is 17.6. The standard InChI is InChI=1S/C19H22N6O2/c26-19-4-3-18(16-2-1-6-20-14-16)22-25(19)13-12-23-8-10-24(11-9-23)15-17-5-7-21-27-17/h1-7,14H,8-13,15H2. The molecule has 8 nitrogen and oxygen atoms in total. The molecule has 0 atom stereocenters. The summed E-state index contributed by atoms with van der Waals surface area (Å²) in [7, 11) is 0. The number of pyridine rings is 1. The van der Waals surface area contributed by atoms with Gasteiger partial charge in [-0.2, -0.15) is 5.10 Å². The molecule has 1 saturated heterocycles. The molecule has 0 N–H and O–H groups in total. The second-order valence-corrected chi connectivity index (χ2v) is 6.62. The van der Waals surface area contributed by atoms with E-state index in [1.807, 2.05) is 18.2 Å². The molecular formula is C19H22N6O2. The van der Waals surface area contributed by atoms with Gasteiger partial charge < -0.3 is 4.52 Å². The van der Waals surface area contributed by atoms with Crippen molar-refractivity contribution in [1.29, 1.82) is 0 Å². The highest BCUT2D eigenvalue weighted by molar-refractivity contribution is 5.56. The van der Waals surface area contributed by atoms with Crippen LogP contribution in [0.4, 0.5) is 0 Å². The van der Waals surface area contributed by atoms with Crippen molar-refractivity contribution in [1.82, 2.24) is 29.7 Å². The van der Waals surface area contributed by atoms with E-state index in [-0.39, 0.29) is 5.56 Å². The molecule has 3 aromatic heterocycles. The fourth-order valence-corrected chi connectivity index (χ4v) is 3.23. The monoisotopic (exact) mass is 366 g/mol. The molecule has 0 aliphatic carbocycles. The summed E-state index contributed by atoms with van der Waals surface area (Å²) in [6.07, 6.45) is 5.16. The minimum Gasteiger partial charge on any atom is -0.360 e. The molecule has 1 aliphatic rings. The van der Waals surface area contributed by atoms with Gasteiger partial charge in [-0.3, -0.25) is 19.6 Å². The molecule has 0 saturated carbocycles. The molecule has 0 spiro atoms. The van der Waals surface area contributed by atoms with Crippen molar-refractivity contribution in [2.24, 2.45) is 0 Å². The van der Waals surface area contributed by atoms with Gasteiger partial charge >= 0.3 is 0 Å². The number of rotatable bonds is 6. The van der Waals surface area contributed by atoms with Gasteiger partial charge in [0.2, 0.25) is 0 Å². The van der Waals surface area contributed by atoms with E-state index < -0.39 is 0 Å². The van der Waals surface area contributed by atoms with E-state index in [2.05, 4.69) is 25.0 Å². The van der Waals surface area contributed by atoms with Gasteiger partial charge in [-0.15, -0.1) is 0 Å². The highest BCUT2D eigenvalue weighted by Gasteiger charge is 2.18. The average molecular weight is 366 g/mol. The van der Waals surface area contributed by atoms with Gasteiger partial charge in [-0.05, 0) is 18.2 Å². The molecule has 0 unspecified atom stereocenters. The lowest BCUT2D eigenvalue weighted by Crippen LogP contribution is -2.47. The highest BCUT2D eigenvalue weighted by atomic mass is 16.5. The lowest BCUT2D eigenvalue weighted by Gasteiger charge is -2.34. The maximum Gasteiger partial charge on any atom is 0.266 e. The first-order chi connectivity index (χ1) is 13.3. The van der Waals surface area contributed by atoms with Gasteiger partial charge in [0, 0.05) is 62.8 Å². The Hall–Kier alpha value is -2.84. The van der Waals surface area contributed by atoms with Crippen molar-refractivity contribution < 1.29 is 4.52 Å². The van der Waals surface area contributed by atoms with Crippen molar-refractivity contribution in [2.75, 3.05) is 32.7 Å². The van der Waals surface area contributed by atoms with Gasteiger partial charge in [-0.25, -0.2) is 4.68 Å². The quantitative estimate of drug-likeness (QED) is 0.646. The van der Waals surface area contributed by atoms with Crippen LogP contribution in [0.1, 0.15) is 5.76 Å². The Morgan fingerprint density at radius 3 is 2.56 bits per heavy atom. The molecule has 27 heavy (non-hydrogen) atoms. The van der Waals surface area contributed by atoms with E-state index in [0.717, 1.165) is 56.3 Å². The van der Waals surface area contributed by atoms with Crippen LogP contribution in [0.15, 0.2) is 58.2 Å². The molecule has 0 amide bonds. The van der Waals surface area contributed by atoms with Gasteiger partial charge in [0.05, 0.1) is 25.0 Å². The summed E-state index contributed by atoms with van der Waals surface area (Å²) in [6.45, 7) is 6.05. The largest absolute Gasteiger partial charge is 0.360 e. The summed E-state index contributed by atoms with van der Waals surface area (Å²) >= 11 is 0. The predicted octanol–water partition coefficient (Wildman–Crippen LogP) is 1.11. The van der Waals surface area contributed by atoms with Crippen LogP contribution < -0.4 is 5.56 Å². The average Bonchev–Trinajstić information content (AvgIpc) is 3.22. The molecule has 8 heteroatoms. The number of piperazine rings is 1. The van der Waals surface area contributed by atoms with Crippen LogP contribution in [-0.2, 0) is 13.1 Å². The first-order valence-electron chi connectivity index (χ1n) is 9.11. The minimum absolute atomic E-state index is 0.0772. The lowest BCUT2D eigenvalue weighted by atomic mass is 10.2. The zero-order chi connectivity index (χ0) is 18.5. The first-order valence-corrected chi connectivity index (χ1v) is 9.11. The normalized spacial score (nSPS) is 15.9. The maximum atomic E-state index is 12.1. The molecule has 3 aromatic rings. The Labute approximate surface area is 157 Å². The third kappa shape index (κ3) is 4.47. The smallest absolute Gasteiger partial charge is 0.266 e. The Bertz CT molecular complexity index is 901. The number of nitrogens with zero attached hydrogens (tertiary/aromatic N) is 6. The van der Waals surface area contributed by atoms with E-state index >= 15 is 0 Å². The third-order valence-electron chi connectivity index (χ3n) is 4.79.